The highest BCUT2D eigenvalue weighted by molar-refractivity contribution is 5.90. The third-order valence-corrected chi connectivity index (χ3v) is 4.73. The fourth-order valence-corrected chi connectivity index (χ4v) is 3.29. The van der Waals surface area contributed by atoms with E-state index in [9.17, 15) is 4.79 Å². The van der Waals surface area contributed by atoms with Crippen LogP contribution in [0.4, 0.5) is 5.69 Å². The first-order valence-corrected chi connectivity index (χ1v) is 9.40. The van der Waals surface area contributed by atoms with Gasteiger partial charge >= 0.3 is 0 Å². The summed E-state index contributed by atoms with van der Waals surface area (Å²) in [6.07, 6.45) is 1.79. The zero-order valence-electron chi connectivity index (χ0n) is 16.5. The maximum absolute atomic E-state index is 11.4. The fourth-order valence-electron chi connectivity index (χ4n) is 3.29. The van der Waals surface area contributed by atoms with Gasteiger partial charge in [0.2, 0.25) is 11.7 Å². The Morgan fingerprint density at radius 1 is 1.14 bits per heavy atom. The van der Waals surface area contributed by atoms with Crippen molar-refractivity contribution in [2.75, 3.05) is 5.32 Å². The van der Waals surface area contributed by atoms with Crippen molar-refractivity contribution in [3.63, 3.8) is 0 Å². The first-order chi connectivity index (χ1) is 14.1. The Balaban J connectivity index is 1.69. The minimum Gasteiger partial charge on any atom is -0.334 e. The average molecular weight is 387 g/mol. The van der Waals surface area contributed by atoms with Crippen LogP contribution >= 0.6 is 0 Å². The minimum absolute atomic E-state index is 0.125. The summed E-state index contributed by atoms with van der Waals surface area (Å²) in [6.45, 7) is 6.25. The Hall–Kier alpha value is -3.74. The molecule has 1 N–H and O–H groups in total. The van der Waals surface area contributed by atoms with Crippen LogP contribution in [0, 0.1) is 6.92 Å². The Morgan fingerprint density at radius 3 is 2.72 bits per heavy atom. The molecule has 7 nitrogen and oxygen atoms in total. The van der Waals surface area contributed by atoms with Crippen LogP contribution in [0.1, 0.15) is 19.4 Å². The van der Waals surface area contributed by atoms with Crippen LogP contribution in [0.25, 0.3) is 34.1 Å². The van der Waals surface area contributed by atoms with Gasteiger partial charge in [0.1, 0.15) is 0 Å². The predicted molar refractivity (Wildman–Crippen MR) is 111 cm³/mol. The number of benzene rings is 2. The summed E-state index contributed by atoms with van der Waals surface area (Å²) in [6, 6.07) is 15.6. The van der Waals surface area contributed by atoms with Crippen molar-refractivity contribution in [3.05, 3.63) is 60.3 Å². The second kappa shape index (κ2) is 7.71. The van der Waals surface area contributed by atoms with Crippen molar-refractivity contribution >= 4 is 11.6 Å². The van der Waals surface area contributed by atoms with Crippen LogP contribution in [-0.4, -0.2) is 25.8 Å². The number of rotatable bonds is 5. The predicted octanol–water partition coefficient (Wildman–Crippen LogP) is 4.55. The quantitative estimate of drug-likeness (QED) is 0.543. The highest BCUT2D eigenvalue weighted by Crippen LogP contribution is 2.30. The van der Waals surface area contributed by atoms with Gasteiger partial charge in [-0.05, 0) is 43.7 Å². The molecule has 2 aromatic heterocycles. The van der Waals surface area contributed by atoms with Crippen LogP contribution in [0.15, 0.2) is 59.3 Å². The molecule has 4 rings (SSSR count). The third-order valence-electron chi connectivity index (χ3n) is 4.73. The maximum atomic E-state index is 11.4. The van der Waals surface area contributed by atoms with Crippen LogP contribution < -0.4 is 5.32 Å². The molecule has 0 aliphatic rings. The van der Waals surface area contributed by atoms with Gasteiger partial charge in [-0.3, -0.25) is 9.48 Å². The molecule has 2 aromatic carbocycles. The lowest BCUT2D eigenvalue weighted by Gasteiger charge is -2.08. The lowest BCUT2D eigenvalue weighted by molar-refractivity contribution is -0.114. The number of anilines is 1. The lowest BCUT2D eigenvalue weighted by atomic mass is 10.1. The molecule has 0 fully saturated rings. The fraction of sp³-hybridized carbons (Fsp3) is 0.182. The lowest BCUT2D eigenvalue weighted by Crippen LogP contribution is -2.07. The third kappa shape index (κ3) is 3.67. The largest absolute Gasteiger partial charge is 0.334 e. The molecule has 0 radical (unpaired) electrons. The SMILES string of the molecule is CCn1nccc1-c1cccc(-c2noc(-c3cccc(NC(C)=O)c3C)n2)c1. The summed E-state index contributed by atoms with van der Waals surface area (Å²) in [5.41, 5.74) is 5.32. The molecule has 0 spiro atoms. The Morgan fingerprint density at radius 2 is 1.93 bits per heavy atom. The van der Waals surface area contributed by atoms with Crippen LogP contribution in [0.3, 0.4) is 0 Å². The van der Waals surface area contributed by atoms with Crippen molar-refractivity contribution in [1.29, 1.82) is 0 Å². The number of nitrogens with one attached hydrogen (secondary N) is 1. The summed E-state index contributed by atoms with van der Waals surface area (Å²) in [7, 11) is 0. The van der Waals surface area contributed by atoms with Gasteiger partial charge in [-0.25, -0.2) is 0 Å². The number of carbonyl (C=O) groups is 1. The first-order valence-electron chi connectivity index (χ1n) is 9.40. The van der Waals surface area contributed by atoms with Gasteiger partial charge in [-0.15, -0.1) is 0 Å². The molecule has 0 aliphatic carbocycles. The Kier molecular flexibility index (Phi) is 4.95. The molecule has 7 heteroatoms. The van der Waals surface area contributed by atoms with Gasteiger partial charge in [0.15, 0.2) is 0 Å². The highest BCUT2D eigenvalue weighted by atomic mass is 16.5. The molecule has 0 saturated carbocycles. The first kappa shape index (κ1) is 18.6. The average Bonchev–Trinajstić information content (AvgIpc) is 3.39. The van der Waals surface area contributed by atoms with E-state index in [2.05, 4.69) is 27.5 Å². The number of amides is 1. The molecule has 0 bridgehead atoms. The van der Waals surface area contributed by atoms with Gasteiger partial charge in [-0.2, -0.15) is 10.1 Å². The zero-order chi connectivity index (χ0) is 20.4. The number of hydrogen-bond donors (Lipinski definition) is 1. The summed E-state index contributed by atoms with van der Waals surface area (Å²) < 4.78 is 7.47. The van der Waals surface area contributed by atoms with Gasteiger partial charge in [0.25, 0.3) is 5.89 Å². The molecular formula is C22H21N5O2. The van der Waals surface area contributed by atoms with Crippen molar-refractivity contribution in [2.45, 2.75) is 27.3 Å². The van der Waals surface area contributed by atoms with E-state index in [0.717, 1.165) is 40.2 Å². The van der Waals surface area contributed by atoms with E-state index in [4.69, 9.17) is 4.52 Å². The zero-order valence-corrected chi connectivity index (χ0v) is 16.5. The number of hydrogen-bond acceptors (Lipinski definition) is 5. The molecule has 0 unspecified atom stereocenters. The monoisotopic (exact) mass is 387 g/mol. The van der Waals surface area contributed by atoms with Crippen molar-refractivity contribution in [3.8, 4) is 34.1 Å². The topological polar surface area (TPSA) is 85.8 Å². The summed E-state index contributed by atoms with van der Waals surface area (Å²) in [5, 5.41) is 11.3. The maximum Gasteiger partial charge on any atom is 0.258 e. The van der Waals surface area contributed by atoms with E-state index in [1.54, 1.807) is 6.20 Å². The normalized spacial score (nSPS) is 10.9. The van der Waals surface area contributed by atoms with E-state index in [0.29, 0.717) is 11.7 Å². The van der Waals surface area contributed by atoms with E-state index in [1.165, 1.54) is 6.92 Å². The Labute approximate surface area is 168 Å². The van der Waals surface area contributed by atoms with Crippen LogP contribution in [-0.2, 0) is 11.3 Å². The van der Waals surface area contributed by atoms with Crippen molar-refractivity contribution < 1.29 is 9.32 Å². The summed E-state index contributed by atoms with van der Waals surface area (Å²) in [5.74, 6) is 0.794. The van der Waals surface area contributed by atoms with Crippen LogP contribution in [0.5, 0.6) is 0 Å². The molecule has 2 heterocycles. The van der Waals surface area contributed by atoms with Crippen molar-refractivity contribution in [1.82, 2.24) is 19.9 Å². The molecule has 0 atom stereocenters. The van der Waals surface area contributed by atoms with Crippen molar-refractivity contribution in [2.24, 2.45) is 0 Å². The minimum atomic E-state index is -0.125. The number of aryl methyl sites for hydroxylation is 1. The smallest absolute Gasteiger partial charge is 0.258 e. The van der Waals surface area contributed by atoms with Gasteiger partial charge < -0.3 is 9.84 Å². The highest BCUT2D eigenvalue weighted by Gasteiger charge is 2.15. The summed E-state index contributed by atoms with van der Waals surface area (Å²) >= 11 is 0. The Bertz CT molecular complexity index is 1180. The number of aromatic nitrogens is 4. The molecular weight excluding hydrogens is 366 g/mol. The molecule has 4 aromatic rings. The van der Waals surface area contributed by atoms with E-state index in [1.807, 2.05) is 60.1 Å². The molecule has 0 saturated heterocycles. The van der Waals surface area contributed by atoms with E-state index < -0.39 is 0 Å². The second-order valence-corrected chi connectivity index (χ2v) is 6.70. The molecule has 0 aliphatic heterocycles. The summed E-state index contributed by atoms with van der Waals surface area (Å²) in [4.78, 5) is 16.0. The second-order valence-electron chi connectivity index (χ2n) is 6.70. The van der Waals surface area contributed by atoms with Crippen LogP contribution in [0.2, 0.25) is 0 Å². The standard InChI is InChI=1S/C22H21N5O2/c1-4-27-20(11-12-23-27)16-7-5-8-17(13-16)21-25-22(29-26-21)18-9-6-10-19(14(18)2)24-15(3)28/h5-13H,4H2,1-3H3,(H,24,28). The molecule has 146 valence electrons. The van der Waals surface area contributed by atoms with E-state index >= 15 is 0 Å². The molecule has 1 amide bonds. The van der Waals surface area contributed by atoms with Gasteiger partial charge in [0.05, 0.1) is 5.69 Å². The van der Waals surface area contributed by atoms with E-state index in [-0.39, 0.29) is 5.91 Å². The number of nitrogens with zero attached hydrogens (tertiary/aromatic N) is 4. The molecule has 29 heavy (non-hydrogen) atoms. The number of carbonyl (C=O) groups excluding carboxylic acids is 1. The van der Waals surface area contributed by atoms with Gasteiger partial charge in [0, 0.05) is 42.0 Å². The van der Waals surface area contributed by atoms with Gasteiger partial charge in [-0.1, -0.05) is 29.4 Å².